The summed E-state index contributed by atoms with van der Waals surface area (Å²) in [6.07, 6.45) is 5.52. The molecule has 1 amide bonds. The molecule has 1 aromatic heterocycles. The summed E-state index contributed by atoms with van der Waals surface area (Å²) in [5, 5.41) is 15.2. The zero-order valence-electron chi connectivity index (χ0n) is 18.5. The van der Waals surface area contributed by atoms with Gasteiger partial charge in [0, 0.05) is 48.4 Å². The smallest absolute Gasteiger partial charge is 0.227 e. The zero-order chi connectivity index (χ0) is 23.4. The molecule has 8 nitrogen and oxygen atoms in total. The number of hydrogen-bond acceptors (Lipinski definition) is 6. The van der Waals surface area contributed by atoms with Gasteiger partial charge in [0.05, 0.1) is 12.8 Å². The highest BCUT2D eigenvalue weighted by molar-refractivity contribution is 5.96. The van der Waals surface area contributed by atoms with Gasteiger partial charge in [0.15, 0.2) is 5.69 Å². The number of allylic oxidation sites excluding steroid dienone is 1. The molecule has 3 aromatic rings. The first-order chi connectivity index (χ1) is 16.0. The second-order valence-corrected chi connectivity index (χ2v) is 7.72. The van der Waals surface area contributed by atoms with Crippen LogP contribution in [-0.2, 0) is 4.79 Å². The van der Waals surface area contributed by atoms with E-state index in [0.717, 1.165) is 24.0 Å². The maximum Gasteiger partial charge on any atom is 0.227 e. The largest absolute Gasteiger partial charge is 0.494 e. The lowest BCUT2D eigenvalue weighted by Crippen LogP contribution is -2.30. The monoisotopic (exact) mass is 443 g/mol. The number of rotatable bonds is 7. The number of carbonyl (C=O) groups excluding carboxylic acids is 1. The summed E-state index contributed by atoms with van der Waals surface area (Å²) in [7, 11) is 1.55. The van der Waals surface area contributed by atoms with Gasteiger partial charge in [-0.15, -0.1) is 0 Å². The number of methoxy groups -OCH3 is 1. The molecule has 0 radical (unpaired) electrons. The molecule has 4 rings (SSSR count). The average Bonchev–Trinajstić information content (AvgIpc) is 3.17. The fourth-order valence-electron chi connectivity index (χ4n) is 3.90. The van der Waals surface area contributed by atoms with Gasteiger partial charge in [-0.2, -0.15) is 5.10 Å². The molecule has 1 fully saturated rings. The minimum absolute atomic E-state index is 0.0921. The number of para-hydroxylation sites is 1. The van der Waals surface area contributed by atoms with Crippen molar-refractivity contribution in [2.24, 2.45) is 0 Å². The van der Waals surface area contributed by atoms with Crippen molar-refractivity contribution in [3.05, 3.63) is 82.8 Å². The van der Waals surface area contributed by atoms with Crippen LogP contribution in [0.15, 0.2) is 71.7 Å². The third-order valence-corrected chi connectivity index (χ3v) is 5.54. The van der Waals surface area contributed by atoms with Crippen LogP contribution >= 0.6 is 0 Å². The van der Waals surface area contributed by atoms with Gasteiger partial charge >= 0.3 is 0 Å². The first-order valence-electron chi connectivity index (χ1n) is 10.7. The molecule has 1 aliphatic heterocycles. The predicted octanol–water partition coefficient (Wildman–Crippen LogP) is 3.86. The number of anilines is 2. The molecule has 2 aromatic carbocycles. The third-order valence-electron chi connectivity index (χ3n) is 5.54. The van der Waals surface area contributed by atoms with Crippen molar-refractivity contribution in [3.8, 4) is 11.4 Å². The van der Waals surface area contributed by atoms with Crippen LogP contribution in [0.4, 0.5) is 11.4 Å². The maximum atomic E-state index is 12.7. The van der Waals surface area contributed by atoms with Crippen molar-refractivity contribution in [1.29, 1.82) is 5.41 Å². The highest BCUT2D eigenvalue weighted by Crippen LogP contribution is 2.32. The molecular formula is C25H25N5O3. The summed E-state index contributed by atoms with van der Waals surface area (Å²) >= 11 is 0. The molecule has 1 atom stereocenters. The molecular weight excluding hydrogens is 418 g/mol. The van der Waals surface area contributed by atoms with Crippen molar-refractivity contribution in [2.45, 2.75) is 25.8 Å². The average molecular weight is 444 g/mol. The Morgan fingerprint density at radius 2 is 1.97 bits per heavy atom. The Balaban J connectivity index is 1.74. The van der Waals surface area contributed by atoms with Gasteiger partial charge < -0.3 is 20.4 Å². The van der Waals surface area contributed by atoms with Crippen LogP contribution in [-0.4, -0.2) is 35.1 Å². The third kappa shape index (κ3) is 4.55. The molecule has 1 unspecified atom stereocenters. The number of nitrogens with zero attached hydrogens (tertiary/aromatic N) is 3. The van der Waals surface area contributed by atoms with Gasteiger partial charge in [-0.1, -0.05) is 18.2 Å². The Kier molecular flexibility index (Phi) is 6.35. The van der Waals surface area contributed by atoms with Crippen LogP contribution in [0.3, 0.4) is 0 Å². The van der Waals surface area contributed by atoms with E-state index in [1.165, 1.54) is 12.1 Å². The van der Waals surface area contributed by atoms with Gasteiger partial charge in [0.25, 0.3) is 0 Å². The minimum atomic E-state index is -0.283. The molecule has 168 valence electrons. The molecule has 0 saturated carbocycles. The Morgan fingerprint density at radius 1 is 1.18 bits per heavy atom. The van der Waals surface area contributed by atoms with Gasteiger partial charge in [-0.3, -0.25) is 9.59 Å². The molecule has 1 aliphatic rings. The quantitative estimate of drug-likeness (QED) is 0.540. The van der Waals surface area contributed by atoms with E-state index < -0.39 is 0 Å². The van der Waals surface area contributed by atoms with Crippen molar-refractivity contribution in [1.82, 2.24) is 9.78 Å². The summed E-state index contributed by atoms with van der Waals surface area (Å²) in [6.45, 7) is 2.03. The standard InChI is InChI=1S/C25H25N5O3/c1-17-8-11-24(32)30(17)19-9-10-21(23(16-19)33-2)29-15-13-22(31)25(28-29)20(12-14-26)27-18-6-4-3-5-7-18/h3-7,9-10,12-17,26-27H,8,11H2,1-2H3/b20-12-,26-14?. The number of hydrogen-bond donors (Lipinski definition) is 2. The number of nitrogens with one attached hydrogen (secondary N) is 2. The SMILES string of the molecule is COc1cc(N2C(=O)CCC2C)ccc1-n1ccc(=O)c(/C(=C/C=N)Nc2ccccc2)n1. The Morgan fingerprint density at radius 3 is 2.64 bits per heavy atom. The second kappa shape index (κ2) is 9.52. The summed E-state index contributed by atoms with van der Waals surface area (Å²) < 4.78 is 7.16. The van der Waals surface area contributed by atoms with Crippen LogP contribution in [0.2, 0.25) is 0 Å². The van der Waals surface area contributed by atoms with Gasteiger partial charge in [0.1, 0.15) is 11.4 Å². The zero-order valence-corrected chi connectivity index (χ0v) is 18.5. The highest BCUT2D eigenvalue weighted by Gasteiger charge is 2.29. The minimum Gasteiger partial charge on any atom is -0.494 e. The number of benzene rings is 2. The first-order valence-corrected chi connectivity index (χ1v) is 10.7. The van der Waals surface area contributed by atoms with E-state index in [-0.39, 0.29) is 23.1 Å². The van der Waals surface area contributed by atoms with Crippen molar-refractivity contribution in [2.75, 3.05) is 17.3 Å². The van der Waals surface area contributed by atoms with Crippen LogP contribution in [0, 0.1) is 5.41 Å². The van der Waals surface area contributed by atoms with E-state index >= 15 is 0 Å². The number of carbonyl (C=O) groups is 1. The lowest BCUT2D eigenvalue weighted by molar-refractivity contribution is -0.117. The normalized spacial score (nSPS) is 16.1. The lowest BCUT2D eigenvalue weighted by Gasteiger charge is -2.23. The van der Waals surface area contributed by atoms with Crippen LogP contribution < -0.4 is 20.4 Å². The highest BCUT2D eigenvalue weighted by atomic mass is 16.5. The van der Waals surface area contributed by atoms with E-state index in [0.29, 0.717) is 23.6 Å². The Hall–Kier alpha value is -4.20. The van der Waals surface area contributed by atoms with E-state index in [1.807, 2.05) is 55.5 Å². The van der Waals surface area contributed by atoms with Gasteiger partial charge in [-0.25, -0.2) is 4.68 Å². The number of ether oxygens (including phenoxy) is 1. The summed E-state index contributed by atoms with van der Waals surface area (Å²) in [6, 6.07) is 16.4. The number of aromatic nitrogens is 2. The summed E-state index contributed by atoms with van der Waals surface area (Å²) in [5.74, 6) is 0.615. The maximum absolute atomic E-state index is 12.7. The van der Waals surface area contributed by atoms with Gasteiger partial charge in [0.2, 0.25) is 11.3 Å². The first kappa shape index (κ1) is 22.0. The van der Waals surface area contributed by atoms with E-state index in [2.05, 4.69) is 10.4 Å². The Labute approximate surface area is 191 Å². The number of amides is 1. The fraction of sp³-hybridized carbons (Fsp3) is 0.200. The van der Waals surface area contributed by atoms with Crippen molar-refractivity contribution < 1.29 is 9.53 Å². The molecule has 2 N–H and O–H groups in total. The molecule has 0 spiro atoms. The van der Waals surface area contributed by atoms with Gasteiger partial charge in [-0.05, 0) is 43.7 Å². The van der Waals surface area contributed by atoms with E-state index in [1.54, 1.807) is 22.9 Å². The molecule has 0 aliphatic carbocycles. The Bertz CT molecular complexity index is 1270. The molecule has 0 bridgehead atoms. The molecule has 33 heavy (non-hydrogen) atoms. The van der Waals surface area contributed by atoms with Crippen LogP contribution in [0.1, 0.15) is 25.5 Å². The second-order valence-electron chi connectivity index (χ2n) is 7.72. The van der Waals surface area contributed by atoms with Crippen LogP contribution in [0.5, 0.6) is 5.75 Å². The van der Waals surface area contributed by atoms with Crippen molar-refractivity contribution in [3.63, 3.8) is 0 Å². The van der Waals surface area contributed by atoms with E-state index in [9.17, 15) is 9.59 Å². The molecule has 8 heteroatoms. The summed E-state index contributed by atoms with van der Waals surface area (Å²) in [4.78, 5) is 26.7. The summed E-state index contributed by atoms with van der Waals surface area (Å²) in [5.41, 5.74) is 2.45. The molecule has 1 saturated heterocycles. The lowest BCUT2D eigenvalue weighted by atomic mass is 10.2. The predicted molar refractivity (Wildman–Crippen MR) is 129 cm³/mol. The molecule has 2 heterocycles. The van der Waals surface area contributed by atoms with Crippen LogP contribution in [0.25, 0.3) is 11.4 Å². The van der Waals surface area contributed by atoms with E-state index in [4.69, 9.17) is 10.1 Å². The fourth-order valence-corrected chi connectivity index (χ4v) is 3.90. The van der Waals surface area contributed by atoms with Crippen molar-refractivity contribution >= 4 is 29.2 Å². The topological polar surface area (TPSA) is 100 Å².